The summed E-state index contributed by atoms with van der Waals surface area (Å²) < 4.78 is 13.5. The fourth-order valence-electron chi connectivity index (χ4n) is 3.65. The summed E-state index contributed by atoms with van der Waals surface area (Å²) in [5.41, 5.74) is 3.37. The van der Waals surface area contributed by atoms with Crippen molar-refractivity contribution in [3.63, 3.8) is 0 Å². The molecule has 0 saturated carbocycles. The van der Waals surface area contributed by atoms with Crippen molar-refractivity contribution in [2.75, 3.05) is 11.9 Å². The van der Waals surface area contributed by atoms with Crippen LogP contribution < -0.4 is 10.6 Å². The van der Waals surface area contributed by atoms with Crippen molar-refractivity contribution in [3.05, 3.63) is 83.8 Å². The molecule has 0 saturated heterocycles. The molecule has 0 bridgehead atoms. The molecule has 0 aliphatic heterocycles. The van der Waals surface area contributed by atoms with E-state index in [1.165, 1.54) is 30.5 Å². The minimum atomic E-state index is -0.335. The van der Waals surface area contributed by atoms with Crippen LogP contribution in [-0.2, 0) is 0 Å². The van der Waals surface area contributed by atoms with Crippen molar-refractivity contribution in [3.8, 4) is 11.4 Å². The number of halogens is 1. The third-order valence-corrected chi connectivity index (χ3v) is 5.25. The Hall–Kier alpha value is -3.54. The lowest BCUT2D eigenvalue weighted by molar-refractivity contribution is 0.0954. The van der Waals surface area contributed by atoms with E-state index in [1.54, 1.807) is 36.5 Å². The highest BCUT2D eigenvalue weighted by atomic mass is 19.1. The third-order valence-electron chi connectivity index (χ3n) is 5.25. The highest BCUT2D eigenvalue weighted by Gasteiger charge is 2.09. The maximum absolute atomic E-state index is 13.5. The Balaban J connectivity index is 1.40. The number of nitrogens with zero attached hydrogens (tertiary/aromatic N) is 2. The molecule has 0 unspecified atom stereocenters. The summed E-state index contributed by atoms with van der Waals surface area (Å²) in [4.78, 5) is 21.2. The molecule has 0 radical (unpaired) electrons. The molecule has 1 aliphatic rings. The van der Waals surface area contributed by atoms with Crippen LogP contribution in [-0.4, -0.2) is 22.4 Å². The monoisotopic (exact) mass is 416 g/mol. The normalized spacial score (nSPS) is 13.4. The molecule has 1 heterocycles. The lowest BCUT2D eigenvalue weighted by atomic mass is 9.97. The van der Waals surface area contributed by atoms with Crippen LogP contribution in [0, 0.1) is 5.82 Å². The number of anilines is 2. The second-order valence-electron chi connectivity index (χ2n) is 7.60. The molecular formula is C25H25FN4O. The minimum Gasteiger partial charge on any atom is -0.352 e. The summed E-state index contributed by atoms with van der Waals surface area (Å²) >= 11 is 0. The van der Waals surface area contributed by atoms with E-state index < -0.39 is 0 Å². The number of amides is 1. The van der Waals surface area contributed by atoms with Gasteiger partial charge in [-0.15, -0.1) is 0 Å². The number of carbonyl (C=O) groups is 1. The van der Waals surface area contributed by atoms with Crippen molar-refractivity contribution < 1.29 is 9.18 Å². The number of rotatable bonds is 7. The summed E-state index contributed by atoms with van der Waals surface area (Å²) in [6.45, 7) is 0.644. The van der Waals surface area contributed by atoms with Crippen LogP contribution >= 0.6 is 0 Å². The van der Waals surface area contributed by atoms with Gasteiger partial charge >= 0.3 is 0 Å². The van der Waals surface area contributed by atoms with Gasteiger partial charge in [0.15, 0.2) is 5.82 Å². The van der Waals surface area contributed by atoms with Crippen LogP contribution in [0.3, 0.4) is 0 Å². The summed E-state index contributed by atoms with van der Waals surface area (Å²) in [5.74, 6) is 0.563. The minimum absolute atomic E-state index is 0.0943. The van der Waals surface area contributed by atoms with E-state index in [0.29, 0.717) is 29.3 Å². The molecule has 1 amide bonds. The maximum Gasteiger partial charge on any atom is 0.251 e. The van der Waals surface area contributed by atoms with Crippen molar-refractivity contribution in [1.29, 1.82) is 0 Å². The van der Waals surface area contributed by atoms with Gasteiger partial charge in [0.05, 0.1) is 0 Å². The van der Waals surface area contributed by atoms with Gasteiger partial charge < -0.3 is 10.6 Å². The van der Waals surface area contributed by atoms with E-state index in [2.05, 4.69) is 26.7 Å². The van der Waals surface area contributed by atoms with Gasteiger partial charge in [0, 0.05) is 29.6 Å². The van der Waals surface area contributed by atoms with Gasteiger partial charge in [0.2, 0.25) is 0 Å². The highest BCUT2D eigenvalue weighted by molar-refractivity contribution is 5.95. The fourth-order valence-corrected chi connectivity index (χ4v) is 3.65. The summed E-state index contributed by atoms with van der Waals surface area (Å²) in [6.07, 6.45) is 9.65. The smallest absolute Gasteiger partial charge is 0.251 e. The average molecular weight is 417 g/mol. The Morgan fingerprint density at radius 2 is 1.97 bits per heavy atom. The van der Waals surface area contributed by atoms with E-state index in [-0.39, 0.29) is 11.7 Å². The first-order valence-corrected chi connectivity index (χ1v) is 10.6. The molecule has 0 atom stereocenters. The molecule has 1 aliphatic carbocycles. The van der Waals surface area contributed by atoms with Gasteiger partial charge in [-0.05, 0) is 68.5 Å². The topological polar surface area (TPSA) is 66.9 Å². The Morgan fingerprint density at radius 1 is 1.06 bits per heavy atom. The van der Waals surface area contributed by atoms with Gasteiger partial charge in [-0.25, -0.2) is 14.4 Å². The van der Waals surface area contributed by atoms with Crippen LogP contribution in [0.2, 0.25) is 0 Å². The van der Waals surface area contributed by atoms with Crippen molar-refractivity contribution in [1.82, 2.24) is 15.3 Å². The predicted octanol–water partition coefficient (Wildman–Crippen LogP) is 5.65. The first kappa shape index (κ1) is 20.7. The first-order chi connectivity index (χ1) is 15.2. The number of allylic oxidation sites excluding steroid dienone is 1. The molecule has 0 spiro atoms. The van der Waals surface area contributed by atoms with Gasteiger partial charge in [0.25, 0.3) is 5.91 Å². The SMILES string of the molecule is O=C(NCCC1=CCCCC1)c1cccc(Nc2ccnc(-c3cccc(F)c3)n2)c1. The Bertz CT molecular complexity index is 1100. The van der Waals surface area contributed by atoms with Crippen LogP contribution in [0.4, 0.5) is 15.9 Å². The molecule has 158 valence electrons. The van der Waals surface area contributed by atoms with Crippen LogP contribution in [0.1, 0.15) is 42.5 Å². The van der Waals surface area contributed by atoms with Gasteiger partial charge in [-0.1, -0.05) is 29.8 Å². The van der Waals surface area contributed by atoms with Gasteiger partial charge in [-0.2, -0.15) is 0 Å². The van der Waals surface area contributed by atoms with E-state index in [4.69, 9.17) is 0 Å². The highest BCUT2D eigenvalue weighted by Crippen LogP contribution is 2.21. The lowest BCUT2D eigenvalue weighted by Gasteiger charge is -2.13. The molecule has 5 nitrogen and oxygen atoms in total. The predicted molar refractivity (Wildman–Crippen MR) is 121 cm³/mol. The number of benzene rings is 2. The molecule has 0 fully saturated rings. The quantitative estimate of drug-likeness (QED) is 0.489. The molecule has 3 aromatic rings. The number of hydrogen-bond donors (Lipinski definition) is 2. The molecule has 1 aromatic heterocycles. The van der Waals surface area contributed by atoms with Crippen LogP contribution in [0.15, 0.2) is 72.4 Å². The standard InChI is InChI=1S/C25H25FN4O/c26-21-10-4-8-19(16-21)24-27-15-13-23(30-24)29-22-11-5-9-20(17-22)25(31)28-14-12-18-6-2-1-3-7-18/h4-6,8-11,13,15-17H,1-3,7,12,14H2,(H,28,31)(H,27,29,30). The molecule has 6 heteroatoms. The summed E-state index contributed by atoms with van der Waals surface area (Å²) in [6, 6.07) is 15.2. The Kier molecular flexibility index (Phi) is 6.67. The first-order valence-electron chi connectivity index (χ1n) is 10.6. The molecule has 4 rings (SSSR count). The largest absolute Gasteiger partial charge is 0.352 e. The second-order valence-corrected chi connectivity index (χ2v) is 7.60. The van der Waals surface area contributed by atoms with Gasteiger partial charge in [-0.3, -0.25) is 4.79 Å². The van der Waals surface area contributed by atoms with Crippen LogP contribution in [0.5, 0.6) is 0 Å². The lowest BCUT2D eigenvalue weighted by Crippen LogP contribution is -2.24. The summed E-state index contributed by atoms with van der Waals surface area (Å²) in [7, 11) is 0. The number of aromatic nitrogens is 2. The van der Waals surface area contributed by atoms with E-state index in [1.807, 2.05) is 12.1 Å². The number of carbonyl (C=O) groups excluding carboxylic acids is 1. The number of hydrogen-bond acceptors (Lipinski definition) is 4. The molecule has 31 heavy (non-hydrogen) atoms. The molecular weight excluding hydrogens is 391 g/mol. The fraction of sp³-hybridized carbons (Fsp3) is 0.240. The number of nitrogens with one attached hydrogen (secondary N) is 2. The van der Waals surface area contributed by atoms with Crippen molar-refractivity contribution in [2.24, 2.45) is 0 Å². The van der Waals surface area contributed by atoms with Crippen LogP contribution in [0.25, 0.3) is 11.4 Å². The zero-order valence-corrected chi connectivity index (χ0v) is 17.3. The summed E-state index contributed by atoms with van der Waals surface area (Å²) in [5, 5.41) is 6.20. The molecule has 2 N–H and O–H groups in total. The van der Waals surface area contributed by atoms with E-state index >= 15 is 0 Å². The van der Waals surface area contributed by atoms with Crippen molar-refractivity contribution >= 4 is 17.4 Å². The van der Waals surface area contributed by atoms with E-state index in [9.17, 15) is 9.18 Å². The Morgan fingerprint density at radius 3 is 2.81 bits per heavy atom. The van der Waals surface area contributed by atoms with Gasteiger partial charge in [0.1, 0.15) is 11.6 Å². The maximum atomic E-state index is 13.5. The third kappa shape index (κ3) is 5.75. The zero-order valence-electron chi connectivity index (χ0n) is 17.3. The van der Waals surface area contributed by atoms with Crippen molar-refractivity contribution in [2.45, 2.75) is 32.1 Å². The van der Waals surface area contributed by atoms with E-state index in [0.717, 1.165) is 24.9 Å². The zero-order chi connectivity index (χ0) is 21.5. The second kappa shape index (κ2) is 9.98. The Labute approximate surface area is 181 Å². The average Bonchev–Trinajstić information content (AvgIpc) is 2.80. The molecule has 2 aromatic carbocycles.